The molecular formula is C15H26N2O5S. The maximum atomic E-state index is 12.7. The lowest BCUT2D eigenvalue weighted by Crippen LogP contribution is -2.34. The van der Waals surface area contributed by atoms with Gasteiger partial charge in [0.2, 0.25) is 15.8 Å². The molecule has 0 bridgehead atoms. The van der Waals surface area contributed by atoms with Crippen molar-refractivity contribution in [1.82, 2.24) is 4.31 Å². The number of rotatable bonds is 8. The molecule has 0 saturated carbocycles. The molecule has 0 radical (unpaired) electrons. The molecule has 1 atom stereocenters. The number of methoxy groups -OCH3 is 1. The number of hydrogen-bond acceptors (Lipinski definition) is 6. The number of esters is 1. The molecule has 1 aromatic heterocycles. The number of sulfonamides is 1. The first kappa shape index (κ1) is 19.7. The summed E-state index contributed by atoms with van der Waals surface area (Å²) in [5.74, 6) is -0.302. The summed E-state index contributed by atoms with van der Waals surface area (Å²) < 4.78 is 36.5. The number of ether oxygens (including phenoxy) is 1. The molecule has 2 N–H and O–H groups in total. The third kappa shape index (κ3) is 4.55. The molecule has 1 heterocycles. The number of carbonyl (C=O) groups excluding carboxylic acids is 1. The second-order valence-electron chi connectivity index (χ2n) is 5.77. The summed E-state index contributed by atoms with van der Waals surface area (Å²) in [4.78, 5) is 11.5. The summed E-state index contributed by atoms with van der Waals surface area (Å²) >= 11 is 0. The van der Waals surface area contributed by atoms with Gasteiger partial charge in [-0.25, -0.2) is 17.5 Å². The van der Waals surface area contributed by atoms with E-state index in [1.54, 1.807) is 6.92 Å². The van der Waals surface area contributed by atoms with Gasteiger partial charge in [-0.15, -0.1) is 0 Å². The molecule has 0 saturated heterocycles. The first-order valence-corrected chi connectivity index (χ1v) is 9.02. The molecule has 1 rings (SSSR count). The zero-order valence-corrected chi connectivity index (χ0v) is 15.1. The van der Waals surface area contributed by atoms with Crippen LogP contribution in [-0.2, 0) is 21.2 Å². The van der Waals surface area contributed by atoms with Gasteiger partial charge in [-0.1, -0.05) is 20.8 Å². The summed E-state index contributed by atoms with van der Waals surface area (Å²) in [6.45, 7) is 6.04. The van der Waals surface area contributed by atoms with Gasteiger partial charge < -0.3 is 14.9 Å². The Bertz CT molecular complexity index is 636. The van der Waals surface area contributed by atoms with E-state index < -0.39 is 16.0 Å². The molecule has 1 aromatic rings. The predicted octanol–water partition coefficient (Wildman–Crippen LogP) is 1.62. The Morgan fingerprint density at radius 1 is 1.43 bits per heavy atom. The predicted molar refractivity (Wildman–Crippen MR) is 86.7 cm³/mol. The summed E-state index contributed by atoms with van der Waals surface area (Å²) in [5, 5.41) is 0. The second-order valence-corrected chi connectivity index (χ2v) is 7.78. The summed E-state index contributed by atoms with van der Waals surface area (Å²) in [6.07, 6.45) is 0.904. The molecule has 0 aliphatic heterocycles. The van der Waals surface area contributed by atoms with Crippen LogP contribution < -0.4 is 5.73 Å². The van der Waals surface area contributed by atoms with Crippen LogP contribution in [0.1, 0.15) is 43.5 Å². The van der Waals surface area contributed by atoms with Gasteiger partial charge in [-0.05, 0) is 12.3 Å². The molecule has 0 aliphatic carbocycles. The van der Waals surface area contributed by atoms with Crippen molar-refractivity contribution in [2.24, 2.45) is 11.7 Å². The quantitative estimate of drug-likeness (QED) is 0.718. The Kier molecular flexibility index (Phi) is 6.79. The monoisotopic (exact) mass is 346 g/mol. The minimum Gasteiger partial charge on any atom is -0.463 e. The molecule has 0 aromatic carbocycles. The van der Waals surface area contributed by atoms with Gasteiger partial charge in [0.1, 0.15) is 10.7 Å². The average Bonchev–Trinajstić information content (AvgIpc) is 2.96. The van der Waals surface area contributed by atoms with Crippen LogP contribution in [0, 0.1) is 5.92 Å². The van der Waals surface area contributed by atoms with Gasteiger partial charge in [0.05, 0.1) is 7.11 Å². The smallest absolute Gasteiger partial charge is 0.373 e. The lowest BCUT2D eigenvalue weighted by atomic mass is 10.0. The highest BCUT2D eigenvalue weighted by molar-refractivity contribution is 7.89. The fraction of sp³-hybridized carbons (Fsp3) is 0.667. The van der Waals surface area contributed by atoms with E-state index in [0.717, 1.165) is 0 Å². The number of nitrogens with zero attached hydrogens (tertiary/aromatic N) is 1. The third-order valence-electron chi connectivity index (χ3n) is 3.80. The topological polar surface area (TPSA) is 103 Å². The van der Waals surface area contributed by atoms with Gasteiger partial charge in [0.15, 0.2) is 0 Å². The minimum atomic E-state index is -3.75. The number of aryl methyl sites for hydroxylation is 1. The van der Waals surface area contributed by atoms with E-state index in [9.17, 15) is 13.2 Å². The lowest BCUT2D eigenvalue weighted by Gasteiger charge is -2.21. The standard InChI is InChI=1S/C15H26N2O5S/c1-6-12-14(9-13(22-12)15(18)21-5)23(19,20)17(4)8-7-11(16)10(2)3/h9-11H,6-8,16H2,1-5H3. The number of hydrogen-bond donors (Lipinski definition) is 1. The highest BCUT2D eigenvalue weighted by atomic mass is 32.2. The van der Waals surface area contributed by atoms with Gasteiger partial charge >= 0.3 is 5.97 Å². The molecule has 23 heavy (non-hydrogen) atoms. The van der Waals surface area contributed by atoms with Crippen molar-refractivity contribution in [3.63, 3.8) is 0 Å². The van der Waals surface area contributed by atoms with Crippen LogP contribution in [0.5, 0.6) is 0 Å². The maximum absolute atomic E-state index is 12.7. The zero-order chi connectivity index (χ0) is 17.8. The maximum Gasteiger partial charge on any atom is 0.373 e. The van der Waals surface area contributed by atoms with E-state index in [-0.39, 0.29) is 28.4 Å². The van der Waals surface area contributed by atoms with Crippen LogP contribution in [-0.4, -0.2) is 45.4 Å². The number of carbonyl (C=O) groups is 1. The minimum absolute atomic E-state index is 0.000943. The van der Waals surface area contributed by atoms with E-state index in [1.807, 2.05) is 13.8 Å². The molecule has 0 fully saturated rings. The molecule has 8 heteroatoms. The summed E-state index contributed by atoms with van der Waals surface area (Å²) in [7, 11) is -1.04. The van der Waals surface area contributed by atoms with Crippen LogP contribution >= 0.6 is 0 Å². The van der Waals surface area contributed by atoms with Crippen LogP contribution in [0.25, 0.3) is 0 Å². The van der Waals surface area contributed by atoms with Crippen molar-refractivity contribution in [2.75, 3.05) is 20.7 Å². The van der Waals surface area contributed by atoms with Crippen LogP contribution in [0.4, 0.5) is 0 Å². The summed E-state index contributed by atoms with van der Waals surface area (Å²) in [6, 6.07) is 1.15. The van der Waals surface area contributed by atoms with Crippen LogP contribution in [0.2, 0.25) is 0 Å². The third-order valence-corrected chi connectivity index (χ3v) is 5.70. The molecule has 7 nitrogen and oxygen atoms in total. The highest BCUT2D eigenvalue weighted by Crippen LogP contribution is 2.25. The fourth-order valence-corrected chi connectivity index (χ4v) is 3.44. The Hall–Kier alpha value is -1.38. The first-order valence-electron chi connectivity index (χ1n) is 7.58. The normalized spacial score (nSPS) is 13.6. The molecule has 1 unspecified atom stereocenters. The van der Waals surface area contributed by atoms with Crippen molar-refractivity contribution in [3.05, 3.63) is 17.6 Å². The second kappa shape index (κ2) is 7.94. The van der Waals surface area contributed by atoms with Gasteiger partial charge in [0.25, 0.3) is 0 Å². The van der Waals surface area contributed by atoms with E-state index in [1.165, 1.54) is 24.5 Å². The number of nitrogens with two attached hydrogens (primary N) is 1. The first-order chi connectivity index (χ1) is 10.6. The Morgan fingerprint density at radius 2 is 2.04 bits per heavy atom. The highest BCUT2D eigenvalue weighted by Gasteiger charge is 2.29. The fourth-order valence-electron chi connectivity index (χ4n) is 2.03. The van der Waals surface area contributed by atoms with E-state index in [4.69, 9.17) is 10.2 Å². The molecule has 0 spiro atoms. The van der Waals surface area contributed by atoms with E-state index >= 15 is 0 Å². The van der Waals surface area contributed by atoms with Crippen molar-refractivity contribution < 1.29 is 22.4 Å². The Morgan fingerprint density at radius 3 is 2.52 bits per heavy atom. The Balaban J connectivity index is 3.03. The summed E-state index contributed by atoms with van der Waals surface area (Å²) in [5.41, 5.74) is 5.96. The molecule has 0 amide bonds. The Labute approximate surface area is 137 Å². The van der Waals surface area contributed by atoms with Crippen molar-refractivity contribution >= 4 is 16.0 Å². The SMILES string of the molecule is CCc1oc(C(=O)OC)cc1S(=O)(=O)N(C)CCC(N)C(C)C. The van der Waals surface area contributed by atoms with Gasteiger partial charge in [0, 0.05) is 32.1 Å². The van der Waals surface area contributed by atoms with Crippen molar-refractivity contribution in [2.45, 2.75) is 44.6 Å². The molecule has 132 valence electrons. The van der Waals surface area contributed by atoms with Crippen molar-refractivity contribution in [1.29, 1.82) is 0 Å². The zero-order valence-electron chi connectivity index (χ0n) is 14.3. The van der Waals surface area contributed by atoms with E-state index in [2.05, 4.69) is 4.74 Å². The van der Waals surface area contributed by atoms with Gasteiger partial charge in [-0.2, -0.15) is 0 Å². The molecular weight excluding hydrogens is 320 g/mol. The van der Waals surface area contributed by atoms with Crippen molar-refractivity contribution in [3.8, 4) is 0 Å². The van der Waals surface area contributed by atoms with E-state index in [0.29, 0.717) is 19.4 Å². The van der Waals surface area contributed by atoms with Crippen LogP contribution in [0.3, 0.4) is 0 Å². The lowest BCUT2D eigenvalue weighted by molar-refractivity contribution is 0.0563. The number of furan rings is 1. The average molecular weight is 346 g/mol. The van der Waals surface area contributed by atoms with Crippen LogP contribution in [0.15, 0.2) is 15.4 Å². The molecule has 0 aliphatic rings. The van der Waals surface area contributed by atoms with Gasteiger partial charge in [-0.3, -0.25) is 0 Å². The largest absolute Gasteiger partial charge is 0.463 e.